The molecule has 0 aromatic carbocycles. The Morgan fingerprint density at radius 3 is 3.09 bits per heavy atom. The Morgan fingerprint density at radius 2 is 2.27 bits per heavy atom. The molecule has 7 nitrogen and oxygen atoms in total. The second-order valence-corrected chi connectivity index (χ2v) is 5.86. The van der Waals surface area contributed by atoms with E-state index in [0.29, 0.717) is 18.1 Å². The molecule has 3 aromatic heterocycles. The number of carbonyl (C=O) groups excluding carboxylic acids is 1. The van der Waals surface area contributed by atoms with Gasteiger partial charge in [-0.15, -0.1) is 21.5 Å². The number of amides is 2. The number of anilines is 1. The molecule has 0 bridgehead atoms. The van der Waals surface area contributed by atoms with Crippen LogP contribution in [-0.4, -0.2) is 32.2 Å². The van der Waals surface area contributed by atoms with Crippen LogP contribution in [0.1, 0.15) is 16.8 Å². The zero-order valence-electron chi connectivity index (χ0n) is 12.1. The molecule has 2 amide bonds. The van der Waals surface area contributed by atoms with Crippen molar-refractivity contribution < 1.29 is 4.79 Å². The van der Waals surface area contributed by atoms with Gasteiger partial charge in [-0.05, 0) is 18.6 Å². The summed E-state index contributed by atoms with van der Waals surface area (Å²) in [7, 11) is 0. The highest BCUT2D eigenvalue weighted by Crippen LogP contribution is 2.13. The van der Waals surface area contributed by atoms with Crippen molar-refractivity contribution in [2.45, 2.75) is 19.8 Å². The number of nitrogens with zero attached hydrogens (tertiary/aromatic N) is 4. The van der Waals surface area contributed by atoms with Crippen LogP contribution >= 0.6 is 11.3 Å². The van der Waals surface area contributed by atoms with Gasteiger partial charge in [0.1, 0.15) is 0 Å². The smallest absolute Gasteiger partial charge is 0.321 e. The van der Waals surface area contributed by atoms with Crippen LogP contribution in [0.25, 0.3) is 5.65 Å². The third-order valence-electron chi connectivity index (χ3n) is 3.11. The molecule has 0 aliphatic heterocycles. The molecular weight excluding hydrogens is 300 g/mol. The summed E-state index contributed by atoms with van der Waals surface area (Å²) in [5, 5.41) is 14.4. The number of fused-ring (bicyclic) bond motifs is 1. The van der Waals surface area contributed by atoms with Crippen molar-refractivity contribution >= 4 is 29.0 Å². The molecule has 2 N–H and O–H groups in total. The van der Waals surface area contributed by atoms with Gasteiger partial charge < -0.3 is 5.32 Å². The first-order valence-corrected chi connectivity index (χ1v) is 7.86. The number of rotatable bonds is 5. The van der Waals surface area contributed by atoms with Crippen LogP contribution in [0.3, 0.4) is 0 Å². The van der Waals surface area contributed by atoms with E-state index >= 15 is 0 Å². The monoisotopic (exact) mass is 316 g/mol. The Bertz CT molecular complexity index is 780. The van der Waals surface area contributed by atoms with Gasteiger partial charge in [0.15, 0.2) is 5.65 Å². The molecule has 3 aromatic rings. The van der Waals surface area contributed by atoms with E-state index in [4.69, 9.17) is 0 Å². The molecule has 0 saturated heterocycles. The van der Waals surface area contributed by atoms with E-state index in [1.165, 1.54) is 4.88 Å². The molecule has 0 aliphatic carbocycles. The van der Waals surface area contributed by atoms with Crippen LogP contribution < -0.4 is 10.6 Å². The fourth-order valence-corrected chi connectivity index (χ4v) is 2.84. The lowest BCUT2D eigenvalue weighted by molar-refractivity contribution is 0.252. The van der Waals surface area contributed by atoms with E-state index in [0.717, 1.165) is 17.8 Å². The number of pyridine rings is 1. The van der Waals surface area contributed by atoms with Gasteiger partial charge in [0, 0.05) is 30.2 Å². The van der Waals surface area contributed by atoms with Crippen molar-refractivity contribution in [1.82, 2.24) is 24.9 Å². The predicted molar refractivity (Wildman–Crippen MR) is 85.2 cm³/mol. The molecule has 0 atom stereocenters. The van der Waals surface area contributed by atoms with Crippen LogP contribution in [-0.2, 0) is 12.8 Å². The second-order valence-electron chi connectivity index (χ2n) is 4.66. The van der Waals surface area contributed by atoms with Gasteiger partial charge in [0.2, 0.25) is 5.95 Å². The number of urea groups is 1. The summed E-state index contributed by atoms with van der Waals surface area (Å²) in [6, 6.07) is 5.24. The molecule has 3 rings (SSSR count). The van der Waals surface area contributed by atoms with E-state index in [1.807, 2.05) is 24.4 Å². The molecular formula is C14H16N6OS. The van der Waals surface area contributed by atoms with Gasteiger partial charge >= 0.3 is 6.03 Å². The maximum atomic E-state index is 11.9. The molecule has 0 radical (unpaired) electrons. The maximum absolute atomic E-state index is 11.9. The summed E-state index contributed by atoms with van der Waals surface area (Å²) in [5.74, 6) is 0.399. The van der Waals surface area contributed by atoms with Crippen molar-refractivity contribution in [3.05, 3.63) is 40.5 Å². The maximum Gasteiger partial charge on any atom is 0.321 e. The van der Waals surface area contributed by atoms with Crippen molar-refractivity contribution in [3.8, 4) is 0 Å². The molecule has 3 heterocycles. The lowest BCUT2D eigenvalue weighted by Gasteiger charge is -2.05. The lowest BCUT2D eigenvalue weighted by atomic mass is 10.4. The Morgan fingerprint density at radius 1 is 1.36 bits per heavy atom. The summed E-state index contributed by atoms with van der Waals surface area (Å²) < 4.78 is 1.72. The van der Waals surface area contributed by atoms with E-state index < -0.39 is 0 Å². The summed E-state index contributed by atoms with van der Waals surface area (Å²) >= 11 is 1.68. The number of hydrogen-bond donors (Lipinski definition) is 2. The number of hydrogen-bond acceptors (Lipinski definition) is 5. The molecule has 0 unspecified atom stereocenters. The average Bonchev–Trinajstić information content (AvgIpc) is 3.15. The highest BCUT2D eigenvalue weighted by Gasteiger charge is 2.08. The number of aryl methyl sites for hydroxylation is 1. The van der Waals surface area contributed by atoms with E-state index in [2.05, 4.69) is 32.7 Å². The van der Waals surface area contributed by atoms with Gasteiger partial charge in [-0.25, -0.2) is 9.78 Å². The number of nitrogens with one attached hydrogen (secondary N) is 2. The molecule has 0 fully saturated rings. The van der Waals surface area contributed by atoms with Crippen LogP contribution in [0, 0.1) is 0 Å². The van der Waals surface area contributed by atoms with Crippen molar-refractivity contribution in [2.75, 3.05) is 11.9 Å². The number of carbonyl (C=O) groups is 1. The first-order valence-electron chi connectivity index (χ1n) is 7.04. The van der Waals surface area contributed by atoms with Crippen molar-refractivity contribution in [1.29, 1.82) is 0 Å². The van der Waals surface area contributed by atoms with E-state index in [9.17, 15) is 4.79 Å². The second kappa shape index (κ2) is 6.52. The Hall–Kier alpha value is -2.48. The first-order chi connectivity index (χ1) is 10.8. The minimum Gasteiger partial charge on any atom is -0.337 e. The van der Waals surface area contributed by atoms with Crippen molar-refractivity contribution in [3.63, 3.8) is 0 Å². The Kier molecular flexibility index (Phi) is 4.29. The minimum atomic E-state index is -0.301. The summed E-state index contributed by atoms with van der Waals surface area (Å²) in [5.41, 5.74) is 0.688. The number of thiazole rings is 1. The van der Waals surface area contributed by atoms with Crippen molar-refractivity contribution in [2.24, 2.45) is 0 Å². The zero-order chi connectivity index (χ0) is 15.4. The van der Waals surface area contributed by atoms with Crippen LogP contribution in [0.2, 0.25) is 0 Å². The largest absolute Gasteiger partial charge is 0.337 e. The van der Waals surface area contributed by atoms with Gasteiger partial charge in [-0.2, -0.15) is 0 Å². The van der Waals surface area contributed by atoms with E-state index in [1.54, 1.807) is 21.9 Å². The zero-order valence-corrected chi connectivity index (χ0v) is 12.9. The SMILES string of the molecule is CCc1cnc(CCNC(=O)Nc2nnc3ccccn23)s1. The third kappa shape index (κ3) is 3.22. The molecule has 8 heteroatoms. The van der Waals surface area contributed by atoms with Crippen LogP contribution in [0.15, 0.2) is 30.6 Å². The first kappa shape index (κ1) is 14.5. The predicted octanol–water partition coefficient (Wildman–Crippen LogP) is 2.11. The standard InChI is InChI=1S/C14H16N6OS/c1-2-10-9-16-12(22-10)6-7-15-14(21)17-13-19-18-11-5-3-4-8-20(11)13/h3-5,8-9H,2,6-7H2,1H3,(H2,15,17,19,21). The minimum absolute atomic E-state index is 0.301. The highest BCUT2D eigenvalue weighted by atomic mass is 32.1. The Balaban J connectivity index is 1.52. The fraction of sp³-hybridized carbons (Fsp3) is 0.286. The lowest BCUT2D eigenvalue weighted by Crippen LogP contribution is -2.31. The molecule has 0 aliphatic rings. The average molecular weight is 316 g/mol. The normalized spacial score (nSPS) is 10.8. The van der Waals surface area contributed by atoms with Gasteiger partial charge in [-0.3, -0.25) is 9.72 Å². The highest BCUT2D eigenvalue weighted by molar-refractivity contribution is 7.11. The topological polar surface area (TPSA) is 84.2 Å². The summed E-state index contributed by atoms with van der Waals surface area (Å²) in [4.78, 5) is 17.5. The van der Waals surface area contributed by atoms with Crippen LogP contribution in [0.5, 0.6) is 0 Å². The third-order valence-corrected chi connectivity index (χ3v) is 4.31. The molecule has 114 valence electrons. The fourth-order valence-electron chi connectivity index (χ4n) is 1.98. The van der Waals surface area contributed by atoms with Gasteiger partial charge in [0.25, 0.3) is 0 Å². The molecule has 0 spiro atoms. The molecule has 22 heavy (non-hydrogen) atoms. The van der Waals surface area contributed by atoms with Gasteiger partial charge in [-0.1, -0.05) is 13.0 Å². The van der Waals surface area contributed by atoms with E-state index in [-0.39, 0.29) is 6.03 Å². The molecule has 0 saturated carbocycles. The number of aromatic nitrogens is 4. The Labute approximate surface area is 131 Å². The summed E-state index contributed by atoms with van der Waals surface area (Å²) in [6.07, 6.45) is 5.40. The quantitative estimate of drug-likeness (QED) is 0.755. The summed E-state index contributed by atoms with van der Waals surface area (Å²) in [6.45, 7) is 2.63. The van der Waals surface area contributed by atoms with Gasteiger partial charge in [0.05, 0.1) is 5.01 Å². The van der Waals surface area contributed by atoms with Crippen LogP contribution in [0.4, 0.5) is 10.7 Å².